The molecule has 0 spiro atoms. The quantitative estimate of drug-likeness (QED) is 0.237. The Balaban J connectivity index is 1.51. The highest BCUT2D eigenvalue weighted by Gasteiger charge is 2.67. The third kappa shape index (κ3) is 4.92. The van der Waals surface area contributed by atoms with E-state index in [1.807, 2.05) is 26.8 Å². The first-order valence-electron chi connectivity index (χ1n) is 14.9. The fraction of sp³-hybridized carbons (Fsp3) is 0.529. The molecule has 5 rings (SSSR count). The molecule has 0 unspecified atom stereocenters. The molecular weight excluding hydrogens is 520 g/mol. The van der Waals surface area contributed by atoms with E-state index in [1.165, 1.54) is 0 Å². The molecule has 0 saturated heterocycles. The van der Waals surface area contributed by atoms with Crippen LogP contribution in [0.1, 0.15) is 88.9 Å². The van der Waals surface area contributed by atoms with Crippen LogP contribution in [0.15, 0.2) is 65.3 Å². The summed E-state index contributed by atoms with van der Waals surface area (Å²) in [6.45, 7) is 5.55. The van der Waals surface area contributed by atoms with Gasteiger partial charge < -0.3 is 14.6 Å². The van der Waals surface area contributed by atoms with Gasteiger partial charge in [-0.2, -0.15) is 0 Å². The van der Waals surface area contributed by atoms with E-state index in [2.05, 4.69) is 0 Å². The predicted octanol–water partition coefficient (Wildman–Crippen LogP) is 5.62. The summed E-state index contributed by atoms with van der Waals surface area (Å²) in [5.74, 6) is -1.66. The first-order valence-corrected chi connectivity index (χ1v) is 14.9. The van der Waals surface area contributed by atoms with Gasteiger partial charge in [-0.3, -0.25) is 14.4 Å². The van der Waals surface area contributed by atoms with E-state index in [0.29, 0.717) is 31.2 Å². The van der Waals surface area contributed by atoms with Crippen molar-refractivity contribution in [2.75, 3.05) is 6.61 Å². The van der Waals surface area contributed by atoms with Crippen molar-refractivity contribution < 1.29 is 33.8 Å². The van der Waals surface area contributed by atoms with Gasteiger partial charge in [-0.05, 0) is 81.2 Å². The SMILES string of the molecule is CCCCCC(=O)OCC(=O)[C@@]1(OC(=O)c2ccccc2)CC[C@H]2C3=C([C@@H](O)C[C@@]21C)[C@@]1(C)C=CC(=O)C=C1CC3. The molecule has 5 atom stereocenters. The molecule has 0 amide bonds. The molecule has 1 aromatic rings. The fourth-order valence-electron chi connectivity index (χ4n) is 7.91. The number of unbranched alkanes of at least 4 members (excludes halogenated alkanes) is 2. The highest BCUT2D eigenvalue weighted by atomic mass is 16.6. The number of aliphatic hydroxyl groups excluding tert-OH is 1. The summed E-state index contributed by atoms with van der Waals surface area (Å²) in [6.07, 6.45) is 9.47. The normalized spacial score (nSPS) is 32.0. The molecule has 1 aromatic carbocycles. The molecule has 0 aromatic heterocycles. The van der Waals surface area contributed by atoms with Gasteiger partial charge >= 0.3 is 11.9 Å². The van der Waals surface area contributed by atoms with Crippen LogP contribution in [-0.4, -0.2) is 46.9 Å². The lowest BCUT2D eigenvalue weighted by atomic mass is 9.52. The molecule has 0 heterocycles. The van der Waals surface area contributed by atoms with Crippen LogP contribution < -0.4 is 0 Å². The van der Waals surface area contributed by atoms with E-state index < -0.39 is 46.9 Å². The summed E-state index contributed by atoms with van der Waals surface area (Å²) in [4.78, 5) is 52.1. The van der Waals surface area contributed by atoms with Crippen molar-refractivity contribution in [3.8, 4) is 0 Å². The summed E-state index contributed by atoms with van der Waals surface area (Å²) in [5.41, 5.74) is 0.282. The molecule has 1 saturated carbocycles. The van der Waals surface area contributed by atoms with Gasteiger partial charge in [0.05, 0.1) is 11.7 Å². The van der Waals surface area contributed by atoms with E-state index in [9.17, 15) is 24.3 Å². The monoisotopic (exact) mass is 560 g/mol. The van der Waals surface area contributed by atoms with E-state index in [0.717, 1.165) is 29.6 Å². The van der Waals surface area contributed by atoms with Crippen LogP contribution in [0.25, 0.3) is 0 Å². The average Bonchev–Trinajstić information content (AvgIpc) is 3.24. The highest BCUT2D eigenvalue weighted by molar-refractivity contribution is 6.01. The number of esters is 2. The minimum Gasteiger partial charge on any atom is -0.457 e. The molecule has 0 aliphatic heterocycles. The summed E-state index contributed by atoms with van der Waals surface area (Å²) >= 11 is 0. The van der Waals surface area contributed by atoms with Gasteiger partial charge in [0.2, 0.25) is 5.78 Å². The first kappa shape index (κ1) is 29.2. The third-order valence-electron chi connectivity index (χ3n) is 10.1. The first-order chi connectivity index (χ1) is 19.6. The summed E-state index contributed by atoms with van der Waals surface area (Å²) < 4.78 is 11.7. The van der Waals surface area contributed by atoms with Crippen LogP contribution in [0, 0.1) is 16.7 Å². The maximum atomic E-state index is 14.1. The van der Waals surface area contributed by atoms with Gasteiger partial charge in [-0.1, -0.05) is 62.1 Å². The molecule has 7 heteroatoms. The topological polar surface area (TPSA) is 107 Å². The lowest BCUT2D eigenvalue weighted by molar-refractivity contribution is -0.165. The number of ether oxygens (including phenoxy) is 2. The van der Waals surface area contributed by atoms with Gasteiger partial charge in [0, 0.05) is 17.3 Å². The fourth-order valence-corrected chi connectivity index (χ4v) is 7.91. The Morgan fingerprint density at radius 3 is 2.56 bits per heavy atom. The predicted molar refractivity (Wildman–Crippen MR) is 153 cm³/mol. The van der Waals surface area contributed by atoms with E-state index in [1.54, 1.807) is 42.5 Å². The van der Waals surface area contributed by atoms with E-state index >= 15 is 0 Å². The molecule has 218 valence electrons. The van der Waals surface area contributed by atoms with Gasteiger partial charge in [0.1, 0.15) is 0 Å². The van der Waals surface area contributed by atoms with Gasteiger partial charge in [-0.15, -0.1) is 0 Å². The number of hydrogen-bond donors (Lipinski definition) is 1. The number of carbonyl (C=O) groups excluding carboxylic acids is 4. The molecule has 7 nitrogen and oxygen atoms in total. The largest absolute Gasteiger partial charge is 0.457 e. The van der Waals surface area contributed by atoms with Crippen molar-refractivity contribution in [1.82, 2.24) is 0 Å². The number of hydrogen-bond acceptors (Lipinski definition) is 7. The number of rotatable bonds is 9. The molecular formula is C34H40O7. The van der Waals surface area contributed by atoms with Crippen molar-refractivity contribution in [1.29, 1.82) is 0 Å². The second kappa shape index (κ2) is 11.2. The number of Topliss-reactive ketones (excluding diaryl/α,β-unsaturated/α-hetero) is 1. The number of ketones is 2. The smallest absolute Gasteiger partial charge is 0.339 e. The van der Waals surface area contributed by atoms with Crippen LogP contribution in [0.2, 0.25) is 0 Å². The minimum absolute atomic E-state index is 0.0424. The summed E-state index contributed by atoms with van der Waals surface area (Å²) in [6, 6.07) is 8.56. The van der Waals surface area contributed by atoms with Crippen LogP contribution >= 0.6 is 0 Å². The zero-order valence-corrected chi connectivity index (χ0v) is 24.2. The third-order valence-corrected chi connectivity index (χ3v) is 10.1. The number of fused-ring (bicyclic) bond motifs is 4. The Kier molecular flexibility index (Phi) is 7.94. The molecule has 0 bridgehead atoms. The van der Waals surface area contributed by atoms with E-state index in [-0.39, 0.29) is 31.0 Å². The number of benzene rings is 1. The Labute approximate surface area is 241 Å². The van der Waals surface area contributed by atoms with Crippen LogP contribution in [0.4, 0.5) is 0 Å². The van der Waals surface area contributed by atoms with Gasteiger partial charge in [-0.25, -0.2) is 4.79 Å². The number of allylic oxidation sites excluding steroid dienone is 5. The van der Waals surface area contributed by atoms with Crippen molar-refractivity contribution in [3.05, 3.63) is 70.8 Å². The molecule has 4 aliphatic rings. The Morgan fingerprint density at radius 2 is 1.83 bits per heavy atom. The second-order valence-electron chi connectivity index (χ2n) is 12.4. The standard InChI is InChI=1S/C34H40O7/c1-4-5-7-12-29(38)40-21-28(37)34(41-31(39)22-10-8-6-9-11-22)18-16-26-25-14-13-23-19-24(35)15-17-32(23,2)30(25)27(36)20-33(26,34)3/h6,8-11,15,17,19,26-27,36H,4-5,7,12-14,16,18,20-21H2,1-3H3/t26-,27-,32-,33-,34-/m0/s1. The Hall–Kier alpha value is -3.32. The Bertz CT molecular complexity index is 1340. The van der Waals surface area contributed by atoms with Crippen molar-refractivity contribution in [2.45, 2.75) is 90.3 Å². The van der Waals surface area contributed by atoms with Crippen LogP contribution in [0.5, 0.6) is 0 Å². The lowest BCUT2D eigenvalue weighted by Crippen LogP contribution is -2.59. The summed E-state index contributed by atoms with van der Waals surface area (Å²) in [5, 5.41) is 11.7. The molecule has 1 fully saturated rings. The molecule has 1 N–H and O–H groups in total. The lowest BCUT2D eigenvalue weighted by Gasteiger charge is -2.53. The van der Waals surface area contributed by atoms with E-state index in [4.69, 9.17) is 9.47 Å². The minimum atomic E-state index is -1.57. The maximum absolute atomic E-state index is 14.1. The Morgan fingerprint density at radius 1 is 1.07 bits per heavy atom. The number of aliphatic hydroxyl groups is 1. The van der Waals surface area contributed by atoms with Crippen LogP contribution in [0.3, 0.4) is 0 Å². The van der Waals surface area contributed by atoms with Crippen LogP contribution in [-0.2, 0) is 23.9 Å². The molecule has 41 heavy (non-hydrogen) atoms. The van der Waals surface area contributed by atoms with Crippen molar-refractivity contribution in [3.63, 3.8) is 0 Å². The average molecular weight is 561 g/mol. The maximum Gasteiger partial charge on any atom is 0.339 e. The van der Waals surface area contributed by atoms with Gasteiger partial charge in [0.15, 0.2) is 18.0 Å². The second-order valence-corrected chi connectivity index (χ2v) is 12.4. The zero-order valence-electron chi connectivity index (χ0n) is 24.2. The zero-order chi connectivity index (χ0) is 29.4. The molecule has 4 aliphatic carbocycles. The number of carbonyl (C=O) groups is 4. The van der Waals surface area contributed by atoms with Crippen molar-refractivity contribution >= 4 is 23.5 Å². The van der Waals surface area contributed by atoms with Gasteiger partial charge in [0.25, 0.3) is 0 Å². The van der Waals surface area contributed by atoms with Crippen molar-refractivity contribution in [2.24, 2.45) is 16.7 Å². The highest BCUT2D eigenvalue weighted by Crippen LogP contribution is 2.65. The summed E-state index contributed by atoms with van der Waals surface area (Å²) in [7, 11) is 0. The molecule has 0 radical (unpaired) electrons.